The molecule has 0 bridgehead atoms. The first-order valence-electron chi connectivity index (χ1n) is 5.45. The summed E-state index contributed by atoms with van der Waals surface area (Å²) in [7, 11) is 0. The summed E-state index contributed by atoms with van der Waals surface area (Å²) in [5.41, 5.74) is 2.60. The van der Waals surface area contributed by atoms with Crippen molar-refractivity contribution in [2.75, 3.05) is 13.1 Å². The molecule has 1 N–H and O–H groups in total. The van der Waals surface area contributed by atoms with Crippen LogP contribution in [0.4, 0.5) is 0 Å². The zero-order chi connectivity index (χ0) is 11.6. The number of carboxylic acid groups (broad SMARTS) is 1. The first-order valence-corrected chi connectivity index (χ1v) is 5.45. The Morgan fingerprint density at radius 1 is 1.40 bits per heavy atom. The van der Waals surface area contributed by atoms with Gasteiger partial charge in [-0.1, -0.05) is 11.1 Å². The van der Waals surface area contributed by atoms with E-state index in [2.05, 4.69) is 18.7 Å². The fraction of sp³-hybridized carbons (Fsp3) is 0.750. The van der Waals surface area contributed by atoms with Gasteiger partial charge in [0.05, 0.1) is 6.42 Å². The van der Waals surface area contributed by atoms with Gasteiger partial charge in [-0.25, -0.2) is 0 Å². The highest BCUT2D eigenvalue weighted by Gasteiger charge is 2.30. The van der Waals surface area contributed by atoms with Crippen molar-refractivity contribution in [3.05, 3.63) is 11.1 Å². The van der Waals surface area contributed by atoms with Gasteiger partial charge in [-0.2, -0.15) is 0 Å². The number of rotatable bonds is 3. The molecule has 0 saturated heterocycles. The topological polar surface area (TPSA) is 40.5 Å². The Morgan fingerprint density at radius 2 is 2.00 bits per heavy atom. The molecule has 1 aliphatic heterocycles. The van der Waals surface area contributed by atoms with Crippen LogP contribution >= 0.6 is 0 Å². The van der Waals surface area contributed by atoms with Gasteiger partial charge in [0.1, 0.15) is 0 Å². The minimum atomic E-state index is -0.719. The molecule has 15 heavy (non-hydrogen) atoms. The van der Waals surface area contributed by atoms with Crippen molar-refractivity contribution < 1.29 is 9.90 Å². The van der Waals surface area contributed by atoms with E-state index in [1.807, 2.05) is 13.8 Å². The monoisotopic (exact) mass is 211 g/mol. The first-order chi connectivity index (χ1) is 6.83. The van der Waals surface area contributed by atoms with E-state index < -0.39 is 5.97 Å². The lowest BCUT2D eigenvalue weighted by atomic mass is 9.93. The fourth-order valence-corrected chi connectivity index (χ4v) is 2.01. The van der Waals surface area contributed by atoms with Crippen LogP contribution < -0.4 is 0 Å². The zero-order valence-electron chi connectivity index (χ0n) is 10.1. The third-order valence-corrected chi connectivity index (χ3v) is 3.35. The van der Waals surface area contributed by atoms with E-state index in [0.717, 1.165) is 19.5 Å². The Hall–Kier alpha value is -0.830. The molecule has 0 spiro atoms. The van der Waals surface area contributed by atoms with E-state index in [1.54, 1.807) is 0 Å². The maximum Gasteiger partial charge on any atom is 0.305 e. The molecular formula is C12H21NO2. The highest BCUT2D eigenvalue weighted by molar-refractivity contribution is 5.68. The molecule has 0 aliphatic carbocycles. The molecule has 0 aromatic carbocycles. The SMILES string of the molecule is CC1=C(C)CN(C(C)(C)CC(=O)O)CC1. The van der Waals surface area contributed by atoms with Gasteiger partial charge in [-0.3, -0.25) is 9.69 Å². The van der Waals surface area contributed by atoms with Crippen LogP contribution in [-0.2, 0) is 4.79 Å². The summed E-state index contributed by atoms with van der Waals surface area (Å²) in [6.45, 7) is 10.2. The summed E-state index contributed by atoms with van der Waals surface area (Å²) in [5.74, 6) is -0.719. The summed E-state index contributed by atoms with van der Waals surface area (Å²) in [6.07, 6.45) is 1.27. The standard InChI is InChI=1S/C12H21NO2/c1-9-5-6-13(8-10(9)2)12(3,4)7-11(14)15/h5-8H2,1-4H3,(H,14,15). The van der Waals surface area contributed by atoms with E-state index in [1.165, 1.54) is 11.1 Å². The smallest absolute Gasteiger partial charge is 0.305 e. The molecule has 0 aromatic heterocycles. The van der Waals surface area contributed by atoms with Crippen LogP contribution in [0.5, 0.6) is 0 Å². The van der Waals surface area contributed by atoms with Crippen LogP contribution in [-0.4, -0.2) is 34.6 Å². The molecule has 0 radical (unpaired) electrons. The Bertz CT molecular complexity index is 292. The number of carbonyl (C=O) groups is 1. The average molecular weight is 211 g/mol. The molecule has 1 rings (SSSR count). The van der Waals surface area contributed by atoms with Crippen LogP contribution in [0.25, 0.3) is 0 Å². The summed E-state index contributed by atoms with van der Waals surface area (Å²) in [4.78, 5) is 13.0. The molecule has 1 heterocycles. The molecule has 0 fully saturated rings. The third-order valence-electron chi connectivity index (χ3n) is 3.35. The predicted molar refractivity (Wildman–Crippen MR) is 60.9 cm³/mol. The van der Waals surface area contributed by atoms with Crippen molar-refractivity contribution in [1.29, 1.82) is 0 Å². The van der Waals surface area contributed by atoms with Crippen LogP contribution in [0, 0.1) is 0 Å². The number of aliphatic carboxylic acids is 1. The maximum absolute atomic E-state index is 10.8. The van der Waals surface area contributed by atoms with Crippen molar-refractivity contribution in [1.82, 2.24) is 4.90 Å². The summed E-state index contributed by atoms with van der Waals surface area (Å²) in [6, 6.07) is 0. The van der Waals surface area contributed by atoms with Crippen molar-refractivity contribution in [2.24, 2.45) is 0 Å². The van der Waals surface area contributed by atoms with E-state index >= 15 is 0 Å². The highest BCUT2D eigenvalue weighted by atomic mass is 16.4. The van der Waals surface area contributed by atoms with Crippen molar-refractivity contribution in [2.45, 2.75) is 46.1 Å². The summed E-state index contributed by atoms with van der Waals surface area (Å²) in [5, 5.41) is 8.86. The van der Waals surface area contributed by atoms with Gasteiger partial charge in [0.2, 0.25) is 0 Å². The van der Waals surface area contributed by atoms with Gasteiger partial charge >= 0.3 is 5.97 Å². The molecule has 0 aromatic rings. The predicted octanol–water partition coefficient (Wildman–Crippen LogP) is 2.28. The van der Waals surface area contributed by atoms with Gasteiger partial charge in [0.25, 0.3) is 0 Å². The zero-order valence-corrected chi connectivity index (χ0v) is 10.1. The summed E-state index contributed by atoms with van der Waals surface area (Å²) >= 11 is 0. The third kappa shape index (κ3) is 3.06. The molecule has 0 unspecified atom stereocenters. The minimum Gasteiger partial charge on any atom is -0.481 e. The maximum atomic E-state index is 10.8. The van der Waals surface area contributed by atoms with Crippen LogP contribution in [0.2, 0.25) is 0 Å². The molecule has 3 heteroatoms. The average Bonchev–Trinajstić information content (AvgIpc) is 2.07. The Kier molecular flexibility index (Phi) is 3.55. The summed E-state index contributed by atoms with van der Waals surface area (Å²) < 4.78 is 0. The van der Waals surface area contributed by atoms with Crippen molar-refractivity contribution in [3.8, 4) is 0 Å². The van der Waals surface area contributed by atoms with Crippen molar-refractivity contribution in [3.63, 3.8) is 0 Å². The van der Waals surface area contributed by atoms with Gasteiger partial charge in [0, 0.05) is 18.6 Å². The second-order valence-electron chi connectivity index (χ2n) is 5.12. The highest BCUT2D eigenvalue weighted by Crippen LogP contribution is 2.26. The quantitative estimate of drug-likeness (QED) is 0.728. The first kappa shape index (κ1) is 12.2. The molecule has 1 aliphatic rings. The lowest BCUT2D eigenvalue weighted by Crippen LogP contribution is -2.48. The van der Waals surface area contributed by atoms with E-state index in [0.29, 0.717) is 0 Å². The van der Waals surface area contributed by atoms with Crippen LogP contribution in [0.3, 0.4) is 0 Å². The second kappa shape index (κ2) is 4.35. The lowest BCUT2D eigenvalue weighted by Gasteiger charge is -2.40. The molecule has 86 valence electrons. The number of hydrogen-bond donors (Lipinski definition) is 1. The number of nitrogens with zero attached hydrogens (tertiary/aromatic N) is 1. The minimum absolute atomic E-state index is 0.208. The fourth-order valence-electron chi connectivity index (χ4n) is 2.01. The Labute approximate surface area is 91.8 Å². The molecule has 3 nitrogen and oxygen atoms in total. The molecule has 0 saturated carbocycles. The normalized spacial score (nSPS) is 19.5. The van der Waals surface area contributed by atoms with Crippen molar-refractivity contribution >= 4 is 5.97 Å². The van der Waals surface area contributed by atoms with E-state index in [9.17, 15) is 4.79 Å². The van der Waals surface area contributed by atoms with Gasteiger partial charge in [-0.15, -0.1) is 0 Å². The number of carboxylic acids is 1. The van der Waals surface area contributed by atoms with Crippen LogP contribution in [0.1, 0.15) is 40.5 Å². The lowest BCUT2D eigenvalue weighted by molar-refractivity contribution is -0.139. The molecule has 0 atom stereocenters. The Balaban J connectivity index is 2.70. The van der Waals surface area contributed by atoms with Crippen LogP contribution in [0.15, 0.2) is 11.1 Å². The Morgan fingerprint density at radius 3 is 2.47 bits per heavy atom. The van der Waals surface area contributed by atoms with E-state index in [-0.39, 0.29) is 12.0 Å². The van der Waals surface area contributed by atoms with E-state index in [4.69, 9.17) is 5.11 Å². The van der Waals surface area contributed by atoms with Gasteiger partial charge in [-0.05, 0) is 34.1 Å². The largest absolute Gasteiger partial charge is 0.481 e. The van der Waals surface area contributed by atoms with Gasteiger partial charge < -0.3 is 5.11 Å². The second-order valence-corrected chi connectivity index (χ2v) is 5.12. The molecular weight excluding hydrogens is 190 g/mol. The molecule has 0 amide bonds. The van der Waals surface area contributed by atoms with Gasteiger partial charge in [0.15, 0.2) is 0 Å². The number of hydrogen-bond acceptors (Lipinski definition) is 2.